The maximum absolute atomic E-state index is 14.1. The van der Waals surface area contributed by atoms with Crippen LogP contribution in [0.3, 0.4) is 0 Å². The van der Waals surface area contributed by atoms with E-state index in [2.05, 4.69) is 10.6 Å². The van der Waals surface area contributed by atoms with Crippen molar-refractivity contribution >= 4 is 18.0 Å². The Morgan fingerprint density at radius 1 is 1.06 bits per heavy atom. The summed E-state index contributed by atoms with van der Waals surface area (Å²) in [4.78, 5) is 35.3. The number of alkyl carbamates (subject to hydrolysis) is 1. The monoisotopic (exact) mass is 458 g/mol. The molecule has 2 aliphatic rings. The molecule has 0 aliphatic heterocycles. The number of alkyl halides is 2. The molecular formula is C24H24F2N2O5. The minimum Gasteiger partial charge on any atom is -0.480 e. The van der Waals surface area contributed by atoms with Gasteiger partial charge in [-0.15, -0.1) is 0 Å². The van der Waals surface area contributed by atoms with Crippen LogP contribution in [0.2, 0.25) is 0 Å². The van der Waals surface area contributed by atoms with Crippen molar-refractivity contribution in [2.24, 2.45) is 11.8 Å². The van der Waals surface area contributed by atoms with E-state index >= 15 is 0 Å². The number of hydrogen-bond donors (Lipinski definition) is 3. The third-order valence-electron chi connectivity index (χ3n) is 6.32. The standard InChI is InChI=1S/C24H24F2N2O5/c1-2-19(22(30)31)28-21(29)20-18(24(20,25)26)11-27-23(32)33-12-17-15-9-5-3-7-13(15)14-8-4-6-10-16(14)17/h3-10,17-20H,2,11-12H2,1H3,(H,27,32)(H,28,29)(H,30,31)/t18?,19-,20?/m0/s1. The van der Waals surface area contributed by atoms with E-state index in [1.807, 2.05) is 48.5 Å². The predicted molar refractivity (Wildman–Crippen MR) is 115 cm³/mol. The molecule has 0 aromatic heterocycles. The fourth-order valence-electron chi connectivity index (χ4n) is 4.44. The van der Waals surface area contributed by atoms with Crippen molar-refractivity contribution in [1.29, 1.82) is 0 Å². The van der Waals surface area contributed by atoms with Crippen LogP contribution in [0.25, 0.3) is 11.1 Å². The van der Waals surface area contributed by atoms with Gasteiger partial charge in [0.2, 0.25) is 5.91 Å². The number of fused-ring (bicyclic) bond motifs is 3. The first-order chi connectivity index (χ1) is 15.8. The Morgan fingerprint density at radius 3 is 2.18 bits per heavy atom. The second kappa shape index (κ2) is 8.80. The number of ether oxygens (including phenoxy) is 1. The molecular weight excluding hydrogens is 434 g/mol. The number of rotatable bonds is 8. The zero-order valence-electron chi connectivity index (χ0n) is 17.9. The smallest absolute Gasteiger partial charge is 0.407 e. The molecule has 1 fully saturated rings. The number of carbonyl (C=O) groups is 3. The number of carbonyl (C=O) groups excluding carboxylic acids is 2. The van der Waals surface area contributed by atoms with Gasteiger partial charge in [-0.2, -0.15) is 0 Å². The Hall–Kier alpha value is -3.49. The van der Waals surface area contributed by atoms with Gasteiger partial charge in [-0.3, -0.25) is 4.79 Å². The summed E-state index contributed by atoms with van der Waals surface area (Å²) in [7, 11) is 0. The van der Waals surface area contributed by atoms with Gasteiger partial charge in [-0.05, 0) is 28.7 Å². The van der Waals surface area contributed by atoms with Gasteiger partial charge in [0.15, 0.2) is 0 Å². The number of amides is 2. The third-order valence-corrected chi connectivity index (χ3v) is 6.32. The number of hydrogen-bond acceptors (Lipinski definition) is 4. The van der Waals surface area contributed by atoms with Crippen LogP contribution in [0.4, 0.5) is 13.6 Å². The van der Waals surface area contributed by atoms with Crippen LogP contribution >= 0.6 is 0 Å². The molecule has 0 radical (unpaired) electrons. The second-order valence-corrected chi connectivity index (χ2v) is 8.27. The van der Waals surface area contributed by atoms with E-state index in [0.717, 1.165) is 22.3 Å². The highest BCUT2D eigenvalue weighted by atomic mass is 19.3. The van der Waals surface area contributed by atoms with Crippen molar-refractivity contribution in [3.05, 3.63) is 59.7 Å². The average molecular weight is 458 g/mol. The molecule has 2 amide bonds. The Morgan fingerprint density at radius 2 is 1.64 bits per heavy atom. The van der Waals surface area contributed by atoms with E-state index in [9.17, 15) is 23.2 Å². The number of nitrogens with one attached hydrogen (secondary N) is 2. The molecule has 2 unspecified atom stereocenters. The first-order valence-electron chi connectivity index (χ1n) is 10.8. The third kappa shape index (κ3) is 4.27. The zero-order chi connectivity index (χ0) is 23.8. The molecule has 4 rings (SSSR count). The van der Waals surface area contributed by atoms with Crippen LogP contribution < -0.4 is 10.6 Å². The predicted octanol–water partition coefficient (Wildman–Crippen LogP) is 3.39. The maximum atomic E-state index is 14.1. The van der Waals surface area contributed by atoms with Crippen molar-refractivity contribution in [2.45, 2.75) is 31.2 Å². The van der Waals surface area contributed by atoms with Gasteiger partial charge in [0.05, 0.1) is 5.92 Å². The summed E-state index contributed by atoms with van der Waals surface area (Å²) in [5.41, 5.74) is 4.20. The van der Waals surface area contributed by atoms with Gasteiger partial charge in [0.1, 0.15) is 18.6 Å². The van der Waals surface area contributed by atoms with Gasteiger partial charge >= 0.3 is 12.1 Å². The molecule has 0 spiro atoms. The summed E-state index contributed by atoms with van der Waals surface area (Å²) in [5, 5.41) is 13.4. The quantitative estimate of drug-likeness (QED) is 0.563. The average Bonchev–Trinajstić information content (AvgIpc) is 3.20. The molecule has 0 heterocycles. The summed E-state index contributed by atoms with van der Waals surface area (Å²) in [6.45, 7) is 1.12. The lowest BCUT2D eigenvalue weighted by atomic mass is 9.98. The van der Waals surface area contributed by atoms with Crippen LogP contribution in [-0.2, 0) is 14.3 Å². The molecule has 9 heteroatoms. The van der Waals surface area contributed by atoms with Crippen molar-refractivity contribution in [1.82, 2.24) is 10.6 Å². The van der Waals surface area contributed by atoms with Gasteiger partial charge < -0.3 is 20.5 Å². The summed E-state index contributed by atoms with van der Waals surface area (Å²) in [5.74, 6) is -8.90. The highest BCUT2D eigenvalue weighted by Gasteiger charge is 2.71. The van der Waals surface area contributed by atoms with Crippen molar-refractivity contribution in [3.63, 3.8) is 0 Å². The Bertz CT molecular complexity index is 1040. The topological polar surface area (TPSA) is 105 Å². The second-order valence-electron chi connectivity index (χ2n) is 8.27. The lowest BCUT2D eigenvalue weighted by molar-refractivity contribution is -0.142. The Labute approximate surface area is 189 Å². The summed E-state index contributed by atoms with van der Waals surface area (Å²) in [6.07, 6.45) is -0.780. The summed E-state index contributed by atoms with van der Waals surface area (Å²) >= 11 is 0. The van der Waals surface area contributed by atoms with Crippen LogP contribution in [0.5, 0.6) is 0 Å². The lowest BCUT2D eigenvalue weighted by Crippen LogP contribution is -2.42. The Balaban J connectivity index is 1.32. The molecule has 2 aliphatic carbocycles. The first kappa shape index (κ1) is 22.7. The number of carboxylic acids is 1. The van der Waals surface area contributed by atoms with E-state index < -0.39 is 48.3 Å². The Kier molecular flexibility index (Phi) is 6.05. The van der Waals surface area contributed by atoms with Crippen molar-refractivity contribution in [3.8, 4) is 11.1 Å². The lowest BCUT2D eigenvalue weighted by Gasteiger charge is -2.14. The summed E-state index contributed by atoms with van der Waals surface area (Å²) in [6, 6.07) is 14.4. The number of aliphatic carboxylic acids is 1. The molecule has 3 atom stereocenters. The molecule has 2 aromatic carbocycles. The normalized spacial score (nSPS) is 20.8. The van der Waals surface area contributed by atoms with Crippen molar-refractivity contribution < 1.29 is 33.0 Å². The van der Waals surface area contributed by atoms with Crippen molar-refractivity contribution in [2.75, 3.05) is 13.2 Å². The fraction of sp³-hybridized carbons (Fsp3) is 0.375. The van der Waals surface area contributed by atoms with Gasteiger partial charge in [0, 0.05) is 12.5 Å². The van der Waals surface area contributed by atoms with E-state index in [4.69, 9.17) is 9.84 Å². The van der Waals surface area contributed by atoms with E-state index in [1.54, 1.807) is 0 Å². The molecule has 0 saturated heterocycles. The molecule has 0 bridgehead atoms. The minimum atomic E-state index is -3.32. The van der Waals surface area contributed by atoms with E-state index in [-0.39, 0.29) is 18.9 Å². The van der Waals surface area contributed by atoms with E-state index in [1.165, 1.54) is 6.92 Å². The molecule has 7 nitrogen and oxygen atoms in total. The van der Waals surface area contributed by atoms with Crippen LogP contribution in [0.1, 0.15) is 30.4 Å². The zero-order valence-corrected chi connectivity index (χ0v) is 17.9. The fourth-order valence-corrected chi connectivity index (χ4v) is 4.44. The van der Waals surface area contributed by atoms with Gasteiger partial charge in [-0.1, -0.05) is 55.5 Å². The highest BCUT2D eigenvalue weighted by Crippen LogP contribution is 2.55. The largest absolute Gasteiger partial charge is 0.480 e. The minimum absolute atomic E-state index is 0.0433. The first-order valence-corrected chi connectivity index (χ1v) is 10.8. The number of benzene rings is 2. The van der Waals surface area contributed by atoms with Crippen LogP contribution in [-0.4, -0.2) is 48.2 Å². The number of carboxylic acid groups (broad SMARTS) is 1. The molecule has 2 aromatic rings. The van der Waals surface area contributed by atoms with Crippen LogP contribution in [0.15, 0.2) is 48.5 Å². The maximum Gasteiger partial charge on any atom is 0.407 e. The SMILES string of the molecule is CC[C@H](NC(=O)C1C(CNC(=O)OCC2c3ccccc3-c3ccccc32)C1(F)F)C(=O)O. The molecule has 174 valence electrons. The van der Waals surface area contributed by atoms with Gasteiger partial charge in [0.25, 0.3) is 5.92 Å². The number of halogens is 2. The molecule has 3 N–H and O–H groups in total. The van der Waals surface area contributed by atoms with Gasteiger partial charge in [-0.25, -0.2) is 18.4 Å². The van der Waals surface area contributed by atoms with E-state index in [0.29, 0.717) is 0 Å². The highest BCUT2D eigenvalue weighted by molar-refractivity contribution is 5.88. The molecule has 33 heavy (non-hydrogen) atoms. The summed E-state index contributed by atoms with van der Waals surface area (Å²) < 4.78 is 33.5. The molecule has 1 saturated carbocycles. The van der Waals surface area contributed by atoms with Crippen LogP contribution in [0, 0.1) is 11.8 Å².